The van der Waals surface area contributed by atoms with Gasteiger partial charge in [-0.2, -0.15) is 5.10 Å². The predicted molar refractivity (Wildman–Crippen MR) is 116 cm³/mol. The third-order valence-corrected chi connectivity index (χ3v) is 5.47. The minimum Gasteiger partial charge on any atom is -0.468 e. The summed E-state index contributed by atoms with van der Waals surface area (Å²) in [5.74, 6) is 1.78. The second-order valence-corrected chi connectivity index (χ2v) is 7.44. The van der Waals surface area contributed by atoms with Gasteiger partial charge in [-0.05, 0) is 55.8 Å². The molecule has 3 aromatic rings. The molecule has 1 unspecified atom stereocenters. The molecule has 3 heterocycles. The molecule has 0 spiro atoms. The molecule has 30 heavy (non-hydrogen) atoms. The van der Waals surface area contributed by atoms with Crippen LogP contribution in [-0.4, -0.2) is 52.3 Å². The SMILES string of the molecule is CN=C(NCc1ccc(-n2cncn2)cc1)NCC(c1ccco1)N1CCCCC1. The second kappa shape index (κ2) is 10.1. The molecule has 1 saturated heterocycles. The van der Waals surface area contributed by atoms with E-state index in [0.29, 0.717) is 6.54 Å². The topological polar surface area (TPSA) is 83.5 Å². The number of aromatic nitrogens is 3. The lowest BCUT2D eigenvalue weighted by Gasteiger charge is -2.33. The van der Waals surface area contributed by atoms with Crippen LogP contribution in [0.4, 0.5) is 0 Å². The number of likely N-dealkylation sites (tertiary alicyclic amines) is 1. The van der Waals surface area contributed by atoms with Gasteiger partial charge in [0.2, 0.25) is 0 Å². The van der Waals surface area contributed by atoms with Gasteiger partial charge < -0.3 is 15.1 Å². The molecular weight excluding hydrogens is 378 g/mol. The van der Waals surface area contributed by atoms with E-state index in [4.69, 9.17) is 4.42 Å². The average Bonchev–Trinajstić information content (AvgIpc) is 3.52. The summed E-state index contributed by atoms with van der Waals surface area (Å²) < 4.78 is 7.48. The lowest BCUT2D eigenvalue weighted by molar-refractivity contribution is 0.146. The van der Waals surface area contributed by atoms with Crippen LogP contribution < -0.4 is 10.6 Å². The van der Waals surface area contributed by atoms with Crippen molar-refractivity contribution in [2.24, 2.45) is 4.99 Å². The Morgan fingerprint density at radius 2 is 1.97 bits per heavy atom. The van der Waals surface area contributed by atoms with Crippen LogP contribution in [0.25, 0.3) is 5.69 Å². The van der Waals surface area contributed by atoms with Gasteiger partial charge >= 0.3 is 0 Å². The molecule has 0 bridgehead atoms. The van der Waals surface area contributed by atoms with E-state index in [-0.39, 0.29) is 6.04 Å². The fourth-order valence-corrected chi connectivity index (χ4v) is 3.83. The van der Waals surface area contributed by atoms with E-state index in [1.165, 1.54) is 31.2 Å². The number of hydrogen-bond donors (Lipinski definition) is 2. The maximum absolute atomic E-state index is 5.73. The number of furan rings is 1. The zero-order valence-corrected chi connectivity index (χ0v) is 17.4. The molecule has 8 nitrogen and oxygen atoms in total. The zero-order chi connectivity index (χ0) is 20.6. The first-order valence-corrected chi connectivity index (χ1v) is 10.5. The lowest BCUT2D eigenvalue weighted by atomic mass is 10.1. The highest BCUT2D eigenvalue weighted by atomic mass is 16.3. The fraction of sp³-hybridized carbons (Fsp3) is 0.409. The molecule has 8 heteroatoms. The fourth-order valence-electron chi connectivity index (χ4n) is 3.83. The molecule has 2 aromatic heterocycles. The van der Waals surface area contributed by atoms with Crippen molar-refractivity contribution in [2.75, 3.05) is 26.7 Å². The summed E-state index contributed by atoms with van der Waals surface area (Å²) in [6.45, 7) is 3.65. The van der Waals surface area contributed by atoms with Crippen LogP contribution in [0.2, 0.25) is 0 Å². The Labute approximate surface area is 177 Å². The summed E-state index contributed by atoms with van der Waals surface area (Å²) in [5, 5.41) is 11.0. The molecule has 1 fully saturated rings. The van der Waals surface area contributed by atoms with Gasteiger partial charge in [-0.25, -0.2) is 9.67 Å². The quantitative estimate of drug-likeness (QED) is 0.463. The third kappa shape index (κ3) is 5.07. The molecule has 2 N–H and O–H groups in total. The largest absolute Gasteiger partial charge is 0.468 e. The van der Waals surface area contributed by atoms with E-state index in [1.54, 1.807) is 24.3 Å². The Bertz CT molecular complexity index is 898. The van der Waals surface area contributed by atoms with E-state index in [2.05, 4.69) is 48.8 Å². The minimum atomic E-state index is 0.209. The molecular formula is C22H29N7O. The molecule has 0 radical (unpaired) electrons. The highest BCUT2D eigenvalue weighted by molar-refractivity contribution is 5.79. The van der Waals surface area contributed by atoms with Gasteiger partial charge in [-0.3, -0.25) is 9.89 Å². The van der Waals surface area contributed by atoms with Crippen molar-refractivity contribution >= 4 is 5.96 Å². The van der Waals surface area contributed by atoms with Crippen molar-refractivity contribution in [1.29, 1.82) is 0 Å². The number of rotatable bonds is 7. The summed E-state index contributed by atoms with van der Waals surface area (Å²) in [5.41, 5.74) is 2.15. The van der Waals surface area contributed by atoms with Crippen LogP contribution >= 0.6 is 0 Å². The normalized spacial score (nSPS) is 16.4. The standard InChI is InChI=1S/C22H29N7O/c1-23-22(25-14-18-7-9-19(10-8-18)29-17-24-16-27-29)26-15-20(21-6-5-13-30-21)28-11-3-2-4-12-28/h5-10,13,16-17,20H,2-4,11-12,14-15H2,1H3,(H2,23,25,26). The lowest BCUT2D eigenvalue weighted by Crippen LogP contribution is -2.44. The van der Waals surface area contributed by atoms with Crippen molar-refractivity contribution < 1.29 is 4.42 Å². The first-order chi connectivity index (χ1) is 14.8. The first kappa shape index (κ1) is 20.2. The summed E-state index contributed by atoms with van der Waals surface area (Å²) in [7, 11) is 1.80. The van der Waals surface area contributed by atoms with E-state index >= 15 is 0 Å². The molecule has 158 valence electrons. The smallest absolute Gasteiger partial charge is 0.191 e. The molecule has 4 rings (SSSR count). The van der Waals surface area contributed by atoms with Crippen molar-refractivity contribution in [3.8, 4) is 5.69 Å². The summed E-state index contributed by atoms with van der Waals surface area (Å²) in [6, 6.07) is 12.5. The minimum absolute atomic E-state index is 0.209. The molecule has 0 aliphatic carbocycles. The molecule has 1 aliphatic heterocycles. The highest BCUT2D eigenvalue weighted by Crippen LogP contribution is 2.24. The van der Waals surface area contributed by atoms with Gasteiger partial charge in [0, 0.05) is 20.1 Å². The Morgan fingerprint density at radius 3 is 2.63 bits per heavy atom. The molecule has 1 atom stereocenters. The number of guanidine groups is 1. The van der Waals surface area contributed by atoms with Crippen molar-refractivity contribution in [3.63, 3.8) is 0 Å². The predicted octanol–water partition coefficient (Wildman–Crippen LogP) is 2.75. The Morgan fingerprint density at radius 1 is 1.13 bits per heavy atom. The molecule has 1 aromatic carbocycles. The van der Waals surface area contributed by atoms with Crippen LogP contribution in [0.1, 0.15) is 36.6 Å². The van der Waals surface area contributed by atoms with E-state index in [9.17, 15) is 0 Å². The first-order valence-electron chi connectivity index (χ1n) is 10.5. The number of aliphatic imine (C=N–C) groups is 1. The Balaban J connectivity index is 1.32. The third-order valence-electron chi connectivity index (χ3n) is 5.47. The number of nitrogens with one attached hydrogen (secondary N) is 2. The average molecular weight is 408 g/mol. The van der Waals surface area contributed by atoms with Crippen LogP contribution in [0.3, 0.4) is 0 Å². The van der Waals surface area contributed by atoms with Crippen LogP contribution in [0, 0.1) is 0 Å². The van der Waals surface area contributed by atoms with Gasteiger partial charge in [-0.1, -0.05) is 18.6 Å². The van der Waals surface area contributed by atoms with E-state index in [1.807, 2.05) is 18.2 Å². The number of benzene rings is 1. The highest BCUT2D eigenvalue weighted by Gasteiger charge is 2.24. The van der Waals surface area contributed by atoms with Crippen molar-refractivity contribution in [3.05, 3.63) is 66.6 Å². The van der Waals surface area contributed by atoms with Crippen LogP contribution in [0.5, 0.6) is 0 Å². The Hall–Kier alpha value is -3.13. The van der Waals surface area contributed by atoms with Gasteiger partial charge in [0.15, 0.2) is 5.96 Å². The molecule has 1 aliphatic rings. The van der Waals surface area contributed by atoms with E-state index < -0.39 is 0 Å². The summed E-state index contributed by atoms with van der Waals surface area (Å²) >= 11 is 0. The Kier molecular flexibility index (Phi) is 6.76. The van der Waals surface area contributed by atoms with Crippen LogP contribution in [0.15, 0.2) is 64.7 Å². The van der Waals surface area contributed by atoms with Gasteiger partial charge in [0.05, 0.1) is 18.0 Å². The summed E-state index contributed by atoms with van der Waals surface area (Å²) in [4.78, 5) is 10.9. The molecule has 0 saturated carbocycles. The van der Waals surface area contributed by atoms with Crippen molar-refractivity contribution in [1.82, 2.24) is 30.3 Å². The van der Waals surface area contributed by atoms with E-state index in [0.717, 1.165) is 37.0 Å². The maximum Gasteiger partial charge on any atom is 0.191 e. The van der Waals surface area contributed by atoms with Gasteiger partial charge in [0.25, 0.3) is 0 Å². The monoisotopic (exact) mass is 407 g/mol. The second-order valence-electron chi connectivity index (χ2n) is 7.44. The number of nitrogens with zero attached hydrogens (tertiary/aromatic N) is 5. The van der Waals surface area contributed by atoms with Crippen molar-refractivity contribution in [2.45, 2.75) is 31.8 Å². The van der Waals surface area contributed by atoms with Crippen LogP contribution in [-0.2, 0) is 6.54 Å². The molecule has 0 amide bonds. The zero-order valence-electron chi connectivity index (χ0n) is 17.4. The number of hydrogen-bond acceptors (Lipinski definition) is 5. The summed E-state index contributed by atoms with van der Waals surface area (Å²) in [6.07, 6.45) is 8.78. The number of piperidine rings is 1. The van der Waals surface area contributed by atoms with Gasteiger partial charge in [-0.15, -0.1) is 0 Å². The van der Waals surface area contributed by atoms with Gasteiger partial charge in [0.1, 0.15) is 18.4 Å². The maximum atomic E-state index is 5.73.